The van der Waals surface area contributed by atoms with Crippen molar-refractivity contribution in [2.24, 2.45) is 11.5 Å². The van der Waals surface area contributed by atoms with Gasteiger partial charge in [-0.1, -0.05) is 13.3 Å². The standard InChI is InChI=1S/C5H14N2.C4H6O4/c1-2-3-5(7)4-6;1-7-3(5)4(6)8-2/h5H,2-4,6-7H2,1H3;1-2H3. The second-order valence-electron chi connectivity index (χ2n) is 2.77. The number of ether oxygens (including phenoxy) is 2. The third kappa shape index (κ3) is 10.8. The molecule has 1 atom stereocenters. The first-order valence-electron chi connectivity index (χ1n) is 4.65. The van der Waals surface area contributed by atoms with Crippen LogP contribution in [0.3, 0.4) is 0 Å². The second kappa shape index (κ2) is 10.9. The van der Waals surface area contributed by atoms with Crippen LogP contribution in [-0.4, -0.2) is 38.7 Å². The SMILES string of the molecule is CCCC(N)CN.COC(=O)C(=O)OC. The number of hydrogen-bond acceptors (Lipinski definition) is 6. The quantitative estimate of drug-likeness (QED) is 0.486. The largest absolute Gasteiger partial charge is 0.461 e. The highest BCUT2D eigenvalue weighted by molar-refractivity contribution is 6.29. The molecule has 0 aromatic heterocycles. The zero-order chi connectivity index (χ0) is 12.3. The Labute approximate surface area is 89.9 Å². The fraction of sp³-hybridized carbons (Fsp3) is 0.778. The molecule has 0 heterocycles. The van der Waals surface area contributed by atoms with Crippen LogP contribution < -0.4 is 11.5 Å². The summed E-state index contributed by atoms with van der Waals surface area (Å²) in [5, 5.41) is 0. The molecule has 0 aliphatic heterocycles. The van der Waals surface area contributed by atoms with Gasteiger partial charge in [-0.2, -0.15) is 0 Å². The van der Waals surface area contributed by atoms with Crippen LogP contribution in [0.2, 0.25) is 0 Å². The van der Waals surface area contributed by atoms with Crippen molar-refractivity contribution in [2.75, 3.05) is 20.8 Å². The van der Waals surface area contributed by atoms with Crippen LogP contribution in [0.15, 0.2) is 0 Å². The molecule has 0 aromatic rings. The van der Waals surface area contributed by atoms with E-state index in [9.17, 15) is 9.59 Å². The van der Waals surface area contributed by atoms with E-state index in [0.717, 1.165) is 27.1 Å². The first-order valence-corrected chi connectivity index (χ1v) is 4.65. The first kappa shape index (κ1) is 16.3. The Morgan fingerprint density at radius 2 is 1.60 bits per heavy atom. The van der Waals surface area contributed by atoms with Crippen molar-refractivity contribution >= 4 is 11.9 Å². The van der Waals surface area contributed by atoms with Gasteiger partial charge in [0, 0.05) is 12.6 Å². The molecule has 90 valence electrons. The van der Waals surface area contributed by atoms with Crippen LogP contribution in [0.5, 0.6) is 0 Å². The summed E-state index contributed by atoms with van der Waals surface area (Å²) in [5.74, 6) is -1.96. The molecule has 0 radical (unpaired) electrons. The molecular formula is C9H20N2O4. The molecule has 6 nitrogen and oxygen atoms in total. The summed E-state index contributed by atoms with van der Waals surface area (Å²) in [6, 6.07) is 0.227. The van der Waals surface area contributed by atoms with E-state index in [4.69, 9.17) is 11.5 Å². The zero-order valence-corrected chi connectivity index (χ0v) is 9.49. The molecule has 0 rings (SSSR count). The Kier molecular flexibility index (Phi) is 11.9. The molecule has 0 spiro atoms. The summed E-state index contributed by atoms with van der Waals surface area (Å²) < 4.78 is 7.98. The van der Waals surface area contributed by atoms with Gasteiger partial charge in [0.2, 0.25) is 0 Å². The van der Waals surface area contributed by atoms with Crippen molar-refractivity contribution in [3.8, 4) is 0 Å². The van der Waals surface area contributed by atoms with Gasteiger partial charge < -0.3 is 20.9 Å². The van der Waals surface area contributed by atoms with Gasteiger partial charge in [0.15, 0.2) is 0 Å². The van der Waals surface area contributed by atoms with E-state index >= 15 is 0 Å². The number of esters is 2. The van der Waals surface area contributed by atoms with Crippen molar-refractivity contribution in [3.63, 3.8) is 0 Å². The maximum Gasteiger partial charge on any atom is 0.417 e. The van der Waals surface area contributed by atoms with Crippen molar-refractivity contribution < 1.29 is 19.1 Å². The highest BCUT2D eigenvalue weighted by Crippen LogP contribution is 1.88. The molecule has 1 unspecified atom stereocenters. The first-order chi connectivity index (χ1) is 7.03. The molecule has 0 aromatic carbocycles. The van der Waals surface area contributed by atoms with Gasteiger partial charge in [-0.05, 0) is 6.42 Å². The van der Waals surface area contributed by atoms with E-state index in [1.165, 1.54) is 0 Å². The normalized spacial score (nSPS) is 10.7. The summed E-state index contributed by atoms with van der Waals surface area (Å²) in [7, 11) is 2.22. The second-order valence-corrected chi connectivity index (χ2v) is 2.77. The average molecular weight is 220 g/mol. The van der Waals surface area contributed by atoms with E-state index in [1.807, 2.05) is 0 Å². The highest BCUT2D eigenvalue weighted by Gasteiger charge is 2.11. The van der Waals surface area contributed by atoms with E-state index in [2.05, 4.69) is 16.4 Å². The molecule has 15 heavy (non-hydrogen) atoms. The topological polar surface area (TPSA) is 105 Å². The molecule has 0 aliphatic carbocycles. The number of hydrogen-bond donors (Lipinski definition) is 2. The minimum Gasteiger partial charge on any atom is -0.461 e. The van der Waals surface area contributed by atoms with Gasteiger partial charge in [0.1, 0.15) is 0 Å². The third-order valence-electron chi connectivity index (χ3n) is 1.50. The van der Waals surface area contributed by atoms with E-state index in [0.29, 0.717) is 6.54 Å². The van der Waals surface area contributed by atoms with Gasteiger partial charge in [-0.15, -0.1) is 0 Å². The Morgan fingerprint density at radius 3 is 1.73 bits per heavy atom. The summed E-state index contributed by atoms with van der Waals surface area (Å²) in [4.78, 5) is 20.1. The number of nitrogens with two attached hydrogens (primary N) is 2. The molecule has 6 heteroatoms. The van der Waals surface area contributed by atoms with Gasteiger partial charge in [-0.3, -0.25) is 0 Å². The van der Waals surface area contributed by atoms with Crippen LogP contribution >= 0.6 is 0 Å². The van der Waals surface area contributed by atoms with Gasteiger partial charge in [0.25, 0.3) is 0 Å². The predicted octanol–water partition coefficient (Wildman–Crippen LogP) is -0.595. The number of methoxy groups -OCH3 is 2. The van der Waals surface area contributed by atoms with Gasteiger partial charge in [0.05, 0.1) is 14.2 Å². The minimum absolute atomic E-state index is 0.227. The minimum atomic E-state index is -0.979. The molecule has 0 bridgehead atoms. The summed E-state index contributed by atoms with van der Waals surface area (Å²) in [6.07, 6.45) is 2.19. The molecule has 0 fully saturated rings. The predicted molar refractivity (Wildman–Crippen MR) is 56.0 cm³/mol. The number of carbonyl (C=O) groups is 2. The summed E-state index contributed by atoms with van der Waals surface area (Å²) >= 11 is 0. The smallest absolute Gasteiger partial charge is 0.417 e. The van der Waals surface area contributed by atoms with Gasteiger partial charge in [-0.25, -0.2) is 9.59 Å². The Balaban J connectivity index is 0. The van der Waals surface area contributed by atoms with E-state index < -0.39 is 11.9 Å². The number of rotatable bonds is 3. The van der Waals surface area contributed by atoms with Crippen LogP contribution in [0.25, 0.3) is 0 Å². The van der Waals surface area contributed by atoms with Crippen LogP contribution in [-0.2, 0) is 19.1 Å². The van der Waals surface area contributed by atoms with Crippen molar-refractivity contribution in [1.29, 1.82) is 0 Å². The van der Waals surface area contributed by atoms with Gasteiger partial charge >= 0.3 is 11.9 Å². The maximum absolute atomic E-state index is 10.0. The molecule has 0 amide bonds. The fourth-order valence-electron chi connectivity index (χ4n) is 0.655. The van der Waals surface area contributed by atoms with Crippen molar-refractivity contribution in [3.05, 3.63) is 0 Å². The summed E-state index contributed by atoms with van der Waals surface area (Å²) in [6.45, 7) is 2.73. The van der Waals surface area contributed by atoms with Crippen LogP contribution in [0, 0.1) is 0 Å². The van der Waals surface area contributed by atoms with E-state index in [1.54, 1.807) is 0 Å². The molecule has 4 N–H and O–H groups in total. The van der Waals surface area contributed by atoms with E-state index in [-0.39, 0.29) is 6.04 Å². The lowest BCUT2D eigenvalue weighted by Crippen LogP contribution is -2.28. The monoisotopic (exact) mass is 220 g/mol. The lowest BCUT2D eigenvalue weighted by Gasteiger charge is -2.03. The fourth-order valence-corrected chi connectivity index (χ4v) is 0.655. The van der Waals surface area contributed by atoms with Crippen molar-refractivity contribution in [1.82, 2.24) is 0 Å². The van der Waals surface area contributed by atoms with Crippen molar-refractivity contribution in [2.45, 2.75) is 25.8 Å². The van der Waals surface area contributed by atoms with Crippen LogP contribution in [0.1, 0.15) is 19.8 Å². The highest BCUT2D eigenvalue weighted by atomic mass is 16.6. The Bertz CT molecular complexity index is 171. The maximum atomic E-state index is 10.0. The zero-order valence-electron chi connectivity index (χ0n) is 9.49. The lowest BCUT2D eigenvalue weighted by atomic mass is 10.2. The molecular weight excluding hydrogens is 200 g/mol. The summed E-state index contributed by atoms with van der Waals surface area (Å²) in [5.41, 5.74) is 10.7. The third-order valence-corrected chi connectivity index (χ3v) is 1.50. The Morgan fingerprint density at radius 1 is 1.20 bits per heavy atom. The molecule has 0 saturated carbocycles. The molecule has 0 saturated heterocycles. The van der Waals surface area contributed by atoms with Crippen LogP contribution in [0.4, 0.5) is 0 Å². The molecule has 0 aliphatic rings. The lowest BCUT2D eigenvalue weighted by molar-refractivity contribution is -0.164. The number of carbonyl (C=O) groups excluding carboxylic acids is 2. The Hall–Kier alpha value is -1.14. The average Bonchev–Trinajstić information content (AvgIpc) is 2.27.